The fourth-order valence-electron chi connectivity index (χ4n) is 2.35. The molecule has 2 aromatic rings. The van der Waals surface area contributed by atoms with Gasteiger partial charge in [-0.15, -0.1) is 24.0 Å². The highest BCUT2D eigenvalue weighted by Crippen LogP contribution is 2.25. The Kier molecular flexibility index (Phi) is 9.26. The first-order chi connectivity index (χ1) is 11.6. The Morgan fingerprint density at radius 2 is 1.80 bits per heavy atom. The molecule has 6 heteroatoms. The van der Waals surface area contributed by atoms with Crippen LogP contribution in [0.15, 0.2) is 53.5 Å². The number of para-hydroxylation sites is 1. The van der Waals surface area contributed by atoms with E-state index >= 15 is 0 Å². The molecule has 0 saturated heterocycles. The highest BCUT2D eigenvalue weighted by molar-refractivity contribution is 14.0. The van der Waals surface area contributed by atoms with Gasteiger partial charge in [0.25, 0.3) is 0 Å². The maximum Gasteiger partial charge on any atom is 0.191 e. The predicted molar refractivity (Wildman–Crippen MR) is 111 cm³/mol. The lowest BCUT2D eigenvalue weighted by molar-refractivity contribution is 0.441. The minimum atomic E-state index is -0.378. The van der Waals surface area contributed by atoms with E-state index in [2.05, 4.69) is 4.99 Å². The minimum Gasteiger partial charge on any atom is -0.454 e. The lowest BCUT2D eigenvalue weighted by Gasteiger charge is -2.19. The van der Waals surface area contributed by atoms with Crippen molar-refractivity contribution in [3.63, 3.8) is 0 Å². The van der Waals surface area contributed by atoms with Crippen LogP contribution < -0.4 is 10.5 Å². The molecule has 2 N–H and O–H groups in total. The van der Waals surface area contributed by atoms with Gasteiger partial charge in [0.05, 0.1) is 0 Å². The van der Waals surface area contributed by atoms with Crippen molar-refractivity contribution in [2.45, 2.75) is 20.3 Å². The fourth-order valence-corrected chi connectivity index (χ4v) is 2.35. The van der Waals surface area contributed by atoms with Crippen molar-refractivity contribution in [3.05, 3.63) is 59.9 Å². The molecule has 0 saturated carbocycles. The van der Waals surface area contributed by atoms with Crippen LogP contribution in [0.3, 0.4) is 0 Å². The van der Waals surface area contributed by atoms with Gasteiger partial charge in [-0.1, -0.05) is 24.3 Å². The van der Waals surface area contributed by atoms with Gasteiger partial charge in [-0.05, 0) is 50.1 Å². The van der Waals surface area contributed by atoms with Gasteiger partial charge in [0.1, 0.15) is 5.75 Å². The number of aliphatic imine (C=N–C) groups is 1. The molecular formula is C19H25FIN3O. The molecule has 0 fully saturated rings. The number of halogens is 2. The predicted octanol–water partition coefficient (Wildman–Crippen LogP) is 4.44. The first-order valence-corrected chi connectivity index (χ1v) is 8.20. The third kappa shape index (κ3) is 6.53. The van der Waals surface area contributed by atoms with E-state index in [1.165, 1.54) is 6.07 Å². The Morgan fingerprint density at radius 1 is 1.12 bits per heavy atom. The van der Waals surface area contributed by atoms with Crippen LogP contribution in [0.25, 0.3) is 0 Å². The SMILES string of the molecule is CCN(CC)C(N)=NCCc1ccc(Oc2ccccc2)c(F)c1.I. The zero-order chi connectivity index (χ0) is 17.4. The molecule has 4 nitrogen and oxygen atoms in total. The molecule has 0 radical (unpaired) electrons. The molecule has 0 spiro atoms. The second kappa shape index (κ2) is 10.9. The van der Waals surface area contributed by atoms with Crippen molar-refractivity contribution in [2.24, 2.45) is 10.7 Å². The van der Waals surface area contributed by atoms with E-state index in [1.807, 2.05) is 43.0 Å². The molecule has 0 unspecified atom stereocenters. The van der Waals surface area contributed by atoms with Crippen LogP contribution in [-0.2, 0) is 6.42 Å². The Labute approximate surface area is 165 Å². The van der Waals surface area contributed by atoms with E-state index < -0.39 is 0 Å². The molecule has 0 heterocycles. The van der Waals surface area contributed by atoms with Crippen LogP contribution in [0.2, 0.25) is 0 Å². The fraction of sp³-hybridized carbons (Fsp3) is 0.316. The normalized spacial score (nSPS) is 10.9. The van der Waals surface area contributed by atoms with Gasteiger partial charge in [0, 0.05) is 19.6 Å². The van der Waals surface area contributed by atoms with Gasteiger partial charge in [0.15, 0.2) is 17.5 Å². The third-order valence-corrected chi connectivity index (χ3v) is 3.73. The third-order valence-electron chi connectivity index (χ3n) is 3.73. The van der Waals surface area contributed by atoms with E-state index in [-0.39, 0.29) is 35.5 Å². The zero-order valence-electron chi connectivity index (χ0n) is 14.6. The number of benzene rings is 2. The molecular weight excluding hydrogens is 432 g/mol. The largest absolute Gasteiger partial charge is 0.454 e. The van der Waals surface area contributed by atoms with Crippen LogP contribution in [0.4, 0.5) is 4.39 Å². The van der Waals surface area contributed by atoms with Crippen LogP contribution in [0.5, 0.6) is 11.5 Å². The Hall–Kier alpha value is -1.83. The Balaban J connectivity index is 0.00000312. The van der Waals surface area contributed by atoms with Crippen LogP contribution >= 0.6 is 24.0 Å². The zero-order valence-corrected chi connectivity index (χ0v) is 16.9. The van der Waals surface area contributed by atoms with Gasteiger partial charge >= 0.3 is 0 Å². The monoisotopic (exact) mass is 457 g/mol. The summed E-state index contributed by atoms with van der Waals surface area (Å²) >= 11 is 0. The second-order valence-electron chi connectivity index (χ2n) is 5.34. The molecule has 2 rings (SSSR count). The maximum atomic E-state index is 14.2. The Morgan fingerprint density at radius 3 is 2.40 bits per heavy atom. The van der Waals surface area contributed by atoms with Crippen molar-refractivity contribution in [1.29, 1.82) is 0 Å². The summed E-state index contributed by atoms with van der Waals surface area (Å²) in [6, 6.07) is 14.1. The molecule has 0 atom stereocenters. The average molecular weight is 457 g/mol. The smallest absolute Gasteiger partial charge is 0.191 e. The van der Waals surface area contributed by atoms with Gasteiger partial charge in [-0.2, -0.15) is 0 Å². The van der Waals surface area contributed by atoms with Crippen molar-refractivity contribution in [1.82, 2.24) is 4.90 Å². The molecule has 0 aliphatic heterocycles. The van der Waals surface area contributed by atoms with Crippen molar-refractivity contribution in [3.8, 4) is 11.5 Å². The number of hydrogen-bond acceptors (Lipinski definition) is 2. The number of nitrogens with zero attached hydrogens (tertiary/aromatic N) is 2. The first-order valence-electron chi connectivity index (χ1n) is 8.20. The van der Waals surface area contributed by atoms with Gasteiger partial charge in [-0.25, -0.2) is 4.39 Å². The minimum absolute atomic E-state index is 0. The lowest BCUT2D eigenvalue weighted by atomic mass is 10.1. The first kappa shape index (κ1) is 21.2. The number of rotatable bonds is 7. The number of nitrogens with two attached hydrogens (primary N) is 1. The second-order valence-corrected chi connectivity index (χ2v) is 5.34. The van der Waals surface area contributed by atoms with E-state index in [9.17, 15) is 4.39 Å². The molecule has 0 bridgehead atoms. The molecule has 2 aromatic carbocycles. The van der Waals surface area contributed by atoms with Gasteiger partial charge in [-0.3, -0.25) is 4.99 Å². The topological polar surface area (TPSA) is 50.8 Å². The van der Waals surface area contributed by atoms with E-state index in [0.29, 0.717) is 24.7 Å². The number of hydrogen-bond donors (Lipinski definition) is 1. The standard InChI is InChI=1S/C19H24FN3O.HI/c1-3-23(4-2)19(21)22-13-12-15-10-11-18(17(20)14-15)24-16-8-6-5-7-9-16;/h5-11,14H,3-4,12-13H2,1-2H3,(H2,21,22);1H. The van der Waals surface area contributed by atoms with Crippen molar-refractivity contribution in [2.75, 3.05) is 19.6 Å². The molecule has 0 aliphatic rings. The highest BCUT2D eigenvalue weighted by atomic mass is 127. The molecule has 0 aliphatic carbocycles. The average Bonchev–Trinajstić information content (AvgIpc) is 2.59. The summed E-state index contributed by atoms with van der Waals surface area (Å²) in [5, 5.41) is 0. The summed E-state index contributed by atoms with van der Waals surface area (Å²) < 4.78 is 19.7. The quantitative estimate of drug-likeness (QED) is 0.380. The molecule has 136 valence electrons. The van der Waals surface area contributed by atoms with E-state index in [1.54, 1.807) is 18.2 Å². The maximum absolute atomic E-state index is 14.2. The van der Waals surface area contributed by atoms with Crippen molar-refractivity contribution >= 4 is 29.9 Å². The number of ether oxygens (including phenoxy) is 1. The Bertz CT molecular complexity index is 676. The van der Waals surface area contributed by atoms with Crippen LogP contribution in [0, 0.1) is 5.82 Å². The van der Waals surface area contributed by atoms with Gasteiger partial charge in [0.2, 0.25) is 0 Å². The van der Waals surface area contributed by atoms with Crippen LogP contribution in [0.1, 0.15) is 19.4 Å². The highest BCUT2D eigenvalue weighted by Gasteiger charge is 2.06. The summed E-state index contributed by atoms with van der Waals surface area (Å²) in [7, 11) is 0. The summed E-state index contributed by atoms with van der Waals surface area (Å²) in [5.74, 6) is 0.985. The van der Waals surface area contributed by atoms with Crippen LogP contribution in [-0.4, -0.2) is 30.5 Å². The van der Waals surface area contributed by atoms with Gasteiger partial charge < -0.3 is 15.4 Å². The molecule has 0 aromatic heterocycles. The molecule has 0 amide bonds. The summed E-state index contributed by atoms with van der Waals surface area (Å²) in [5.41, 5.74) is 6.79. The van der Waals surface area contributed by atoms with Crippen molar-refractivity contribution < 1.29 is 9.13 Å². The summed E-state index contributed by atoms with van der Waals surface area (Å²) in [6.45, 7) is 6.25. The lowest BCUT2D eigenvalue weighted by Crippen LogP contribution is -2.37. The molecule has 25 heavy (non-hydrogen) atoms. The number of guanidine groups is 1. The van der Waals surface area contributed by atoms with E-state index in [4.69, 9.17) is 10.5 Å². The summed E-state index contributed by atoms with van der Waals surface area (Å²) in [4.78, 5) is 6.33. The summed E-state index contributed by atoms with van der Waals surface area (Å²) in [6.07, 6.45) is 0.629. The van der Waals surface area contributed by atoms with E-state index in [0.717, 1.165) is 18.7 Å².